The first-order valence-electron chi connectivity index (χ1n) is 8.66. The summed E-state index contributed by atoms with van der Waals surface area (Å²) in [5.74, 6) is 0.0342. The van der Waals surface area contributed by atoms with Crippen molar-refractivity contribution in [2.75, 3.05) is 17.2 Å². The molecule has 28 heavy (non-hydrogen) atoms. The maximum Gasteiger partial charge on any atom is 0.262 e. The molecule has 3 rings (SSSR count). The van der Waals surface area contributed by atoms with Crippen molar-refractivity contribution in [2.24, 2.45) is 0 Å². The van der Waals surface area contributed by atoms with E-state index in [9.17, 15) is 9.59 Å². The van der Waals surface area contributed by atoms with E-state index in [0.29, 0.717) is 22.7 Å². The molecule has 3 aromatic carbocycles. The summed E-state index contributed by atoms with van der Waals surface area (Å²) in [7, 11) is 0. The Balaban J connectivity index is 1.59. The minimum atomic E-state index is -0.312. The van der Waals surface area contributed by atoms with Crippen LogP contribution in [0, 0.1) is 6.92 Å². The number of amides is 2. The monoisotopic (exact) mass is 438 g/mol. The molecular weight excluding hydrogens is 420 g/mol. The molecule has 3 aromatic rings. The number of rotatable bonds is 6. The third-order valence-electron chi connectivity index (χ3n) is 3.89. The topological polar surface area (TPSA) is 67.4 Å². The molecule has 0 saturated carbocycles. The van der Waals surface area contributed by atoms with Gasteiger partial charge >= 0.3 is 0 Å². The Labute approximate surface area is 171 Å². The molecule has 0 spiro atoms. The highest BCUT2D eigenvalue weighted by atomic mass is 79.9. The van der Waals surface area contributed by atoms with Gasteiger partial charge in [0.1, 0.15) is 5.75 Å². The molecule has 5 nitrogen and oxygen atoms in total. The summed E-state index contributed by atoms with van der Waals surface area (Å²) in [6, 6.07) is 21.6. The maximum absolute atomic E-state index is 12.4. The second kappa shape index (κ2) is 9.19. The number of carbonyl (C=O) groups is 2. The molecular formula is C22H19BrN2O3. The molecule has 0 atom stereocenters. The first kappa shape index (κ1) is 19.6. The zero-order chi connectivity index (χ0) is 19.9. The zero-order valence-corrected chi connectivity index (χ0v) is 16.8. The average molecular weight is 439 g/mol. The molecule has 2 amide bonds. The van der Waals surface area contributed by atoms with Crippen LogP contribution in [0.25, 0.3) is 0 Å². The maximum atomic E-state index is 12.4. The molecule has 142 valence electrons. The van der Waals surface area contributed by atoms with Crippen LogP contribution < -0.4 is 15.4 Å². The van der Waals surface area contributed by atoms with Gasteiger partial charge in [-0.15, -0.1) is 0 Å². The summed E-state index contributed by atoms with van der Waals surface area (Å²) in [5.41, 5.74) is 2.77. The van der Waals surface area contributed by atoms with E-state index >= 15 is 0 Å². The first-order valence-corrected chi connectivity index (χ1v) is 9.46. The average Bonchev–Trinajstić information content (AvgIpc) is 2.68. The SMILES string of the molecule is Cc1ccc(OCC(=O)Nc2cccc(C(=O)Nc3ccccc3)c2)c(Br)c1. The lowest BCUT2D eigenvalue weighted by Crippen LogP contribution is -2.20. The highest BCUT2D eigenvalue weighted by Crippen LogP contribution is 2.25. The van der Waals surface area contributed by atoms with Gasteiger partial charge < -0.3 is 15.4 Å². The number of carbonyl (C=O) groups excluding carboxylic acids is 2. The Morgan fingerprint density at radius 1 is 0.893 bits per heavy atom. The van der Waals surface area contributed by atoms with Crippen LogP contribution >= 0.6 is 15.9 Å². The molecule has 0 aliphatic rings. The standard InChI is InChI=1S/C22H19BrN2O3/c1-15-10-11-20(19(23)12-15)28-14-21(26)24-18-9-5-6-16(13-18)22(27)25-17-7-3-2-4-8-17/h2-13H,14H2,1H3,(H,24,26)(H,25,27). The quantitative estimate of drug-likeness (QED) is 0.567. The second-order valence-corrected chi connectivity index (χ2v) is 7.03. The van der Waals surface area contributed by atoms with Gasteiger partial charge in [-0.05, 0) is 70.9 Å². The second-order valence-electron chi connectivity index (χ2n) is 6.17. The summed E-state index contributed by atoms with van der Waals surface area (Å²) < 4.78 is 6.34. The van der Waals surface area contributed by atoms with E-state index in [2.05, 4.69) is 26.6 Å². The third kappa shape index (κ3) is 5.44. The highest BCUT2D eigenvalue weighted by molar-refractivity contribution is 9.10. The highest BCUT2D eigenvalue weighted by Gasteiger charge is 2.10. The number of ether oxygens (including phenoxy) is 1. The number of para-hydroxylation sites is 1. The first-order chi connectivity index (χ1) is 13.5. The van der Waals surface area contributed by atoms with Gasteiger partial charge in [-0.1, -0.05) is 30.3 Å². The summed E-state index contributed by atoms with van der Waals surface area (Å²) in [4.78, 5) is 24.6. The molecule has 2 N–H and O–H groups in total. The van der Waals surface area contributed by atoms with Gasteiger partial charge in [-0.2, -0.15) is 0 Å². The Morgan fingerprint density at radius 3 is 2.39 bits per heavy atom. The van der Waals surface area contributed by atoms with Crippen LogP contribution in [-0.2, 0) is 4.79 Å². The van der Waals surface area contributed by atoms with Gasteiger partial charge in [0.15, 0.2) is 6.61 Å². The van der Waals surface area contributed by atoms with Crippen molar-refractivity contribution in [3.63, 3.8) is 0 Å². The van der Waals surface area contributed by atoms with Crippen molar-refractivity contribution in [1.82, 2.24) is 0 Å². The molecule has 0 heterocycles. The number of benzene rings is 3. The number of halogens is 1. The van der Waals surface area contributed by atoms with Crippen molar-refractivity contribution in [1.29, 1.82) is 0 Å². The Kier molecular flexibility index (Phi) is 6.45. The minimum absolute atomic E-state index is 0.137. The Bertz CT molecular complexity index is 990. The fourth-order valence-corrected chi connectivity index (χ4v) is 3.13. The van der Waals surface area contributed by atoms with Gasteiger partial charge in [0, 0.05) is 16.9 Å². The van der Waals surface area contributed by atoms with Gasteiger partial charge in [-0.25, -0.2) is 0 Å². The van der Waals surface area contributed by atoms with Crippen LogP contribution in [-0.4, -0.2) is 18.4 Å². The Morgan fingerprint density at radius 2 is 1.64 bits per heavy atom. The van der Waals surface area contributed by atoms with E-state index < -0.39 is 0 Å². The largest absolute Gasteiger partial charge is 0.483 e. The summed E-state index contributed by atoms with van der Waals surface area (Å²) in [5, 5.41) is 5.56. The van der Waals surface area contributed by atoms with Crippen LogP contribution in [0.3, 0.4) is 0 Å². The summed E-state index contributed by atoms with van der Waals surface area (Å²) >= 11 is 3.42. The number of hydrogen-bond donors (Lipinski definition) is 2. The molecule has 0 fully saturated rings. The van der Waals surface area contributed by atoms with Crippen molar-refractivity contribution < 1.29 is 14.3 Å². The number of aryl methyl sites for hydroxylation is 1. The number of anilines is 2. The summed E-state index contributed by atoms with van der Waals surface area (Å²) in [6.07, 6.45) is 0. The minimum Gasteiger partial charge on any atom is -0.483 e. The fourth-order valence-electron chi connectivity index (χ4n) is 2.53. The van der Waals surface area contributed by atoms with E-state index in [1.165, 1.54) is 0 Å². The Hall–Kier alpha value is -3.12. The van der Waals surface area contributed by atoms with Crippen molar-refractivity contribution in [3.8, 4) is 5.75 Å². The molecule has 0 saturated heterocycles. The predicted molar refractivity (Wildman–Crippen MR) is 114 cm³/mol. The van der Waals surface area contributed by atoms with E-state index in [1.54, 1.807) is 30.3 Å². The van der Waals surface area contributed by atoms with E-state index in [0.717, 1.165) is 10.0 Å². The smallest absolute Gasteiger partial charge is 0.262 e. The van der Waals surface area contributed by atoms with Crippen LogP contribution in [0.5, 0.6) is 5.75 Å². The predicted octanol–water partition coefficient (Wildman–Crippen LogP) is 5.03. The van der Waals surface area contributed by atoms with Crippen molar-refractivity contribution in [2.45, 2.75) is 6.92 Å². The van der Waals surface area contributed by atoms with E-state index in [4.69, 9.17) is 4.74 Å². The lowest BCUT2D eigenvalue weighted by molar-refractivity contribution is -0.118. The number of hydrogen-bond acceptors (Lipinski definition) is 3. The van der Waals surface area contributed by atoms with Crippen LogP contribution in [0.4, 0.5) is 11.4 Å². The van der Waals surface area contributed by atoms with Crippen LogP contribution in [0.15, 0.2) is 77.3 Å². The van der Waals surface area contributed by atoms with E-state index in [-0.39, 0.29) is 18.4 Å². The molecule has 6 heteroatoms. The zero-order valence-electron chi connectivity index (χ0n) is 15.2. The third-order valence-corrected chi connectivity index (χ3v) is 4.51. The lowest BCUT2D eigenvalue weighted by Gasteiger charge is -2.10. The summed E-state index contributed by atoms with van der Waals surface area (Å²) in [6.45, 7) is 1.84. The molecule has 0 bridgehead atoms. The molecule has 0 unspecified atom stereocenters. The molecule has 0 aliphatic heterocycles. The van der Waals surface area contributed by atoms with Gasteiger partial charge in [0.05, 0.1) is 4.47 Å². The molecule has 0 aliphatic carbocycles. The van der Waals surface area contributed by atoms with Crippen molar-refractivity contribution in [3.05, 3.63) is 88.4 Å². The molecule has 0 aromatic heterocycles. The lowest BCUT2D eigenvalue weighted by atomic mass is 10.2. The molecule has 0 radical (unpaired) electrons. The van der Waals surface area contributed by atoms with Crippen LogP contribution in [0.1, 0.15) is 15.9 Å². The normalized spacial score (nSPS) is 10.2. The van der Waals surface area contributed by atoms with Crippen molar-refractivity contribution >= 4 is 39.1 Å². The van der Waals surface area contributed by atoms with Gasteiger partial charge in [-0.3, -0.25) is 9.59 Å². The van der Waals surface area contributed by atoms with Gasteiger partial charge in [0.25, 0.3) is 11.8 Å². The van der Waals surface area contributed by atoms with E-state index in [1.807, 2.05) is 49.4 Å². The van der Waals surface area contributed by atoms with Crippen LogP contribution in [0.2, 0.25) is 0 Å². The number of nitrogens with one attached hydrogen (secondary N) is 2. The van der Waals surface area contributed by atoms with Gasteiger partial charge in [0.2, 0.25) is 0 Å². The fraction of sp³-hybridized carbons (Fsp3) is 0.0909.